The van der Waals surface area contributed by atoms with Gasteiger partial charge in [0, 0.05) is 0 Å². The molecule has 0 saturated heterocycles. The van der Waals surface area contributed by atoms with Gasteiger partial charge in [-0.2, -0.15) is 14.9 Å². The summed E-state index contributed by atoms with van der Waals surface area (Å²) < 4.78 is 12.8. The Balaban J connectivity index is 1.77. The Morgan fingerprint density at radius 3 is 2.75 bits per heavy atom. The van der Waals surface area contributed by atoms with E-state index in [2.05, 4.69) is 15.3 Å². The zero-order chi connectivity index (χ0) is 16.8. The predicted molar refractivity (Wildman–Crippen MR) is 94.2 cm³/mol. The molecular formula is C17H16N4O2S. The van der Waals surface area contributed by atoms with Gasteiger partial charge in [-0.05, 0) is 42.0 Å². The van der Waals surface area contributed by atoms with Crippen LogP contribution in [0.5, 0.6) is 11.5 Å². The number of benzene rings is 2. The average Bonchev–Trinajstić information content (AvgIpc) is 2.99. The first-order valence-corrected chi connectivity index (χ1v) is 7.69. The molecule has 0 bridgehead atoms. The third-order valence-electron chi connectivity index (χ3n) is 3.24. The summed E-state index contributed by atoms with van der Waals surface area (Å²) in [6.07, 6.45) is 1.69. The summed E-state index contributed by atoms with van der Waals surface area (Å²) in [4.78, 5) is 0. The summed E-state index contributed by atoms with van der Waals surface area (Å²) in [5.74, 6) is 2.11. The largest absolute Gasteiger partial charge is 0.497 e. The van der Waals surface area contributed by atoms with Gasteiger partial charge in [-0.3, -0.25) is 0 Å². The molecule has 6 nitrogen and oxygen atoms in total. The molecule has 1 aromatic heterocycles. The van der Waals surface area contributed by atoms with E-state index in [1.165, 1.54) is 4.68 Å². The van der Waals surface area contributed by atoms with Crippen molar-refractivity contribution in [2.75, 3.05) is 7.11 Å². The first-order chi connectivity index (χ1) is 11.8. The highest BCUT2D eigenvalue weighted by atomic mass is 32.1. The number of hydrogen-bond acceptors (Lipinski definition) is 5. The fourth-order valence-electron chi connectivity index (χ4n) is 2.05. The predicted octanol–water partition coefficient (Wildman–Crippen LogP) is 3.41. The maximum atomic E-state index is 5.69. The van der Waals surface area contributed by atoms with Crippen molar-refractivity contribution in [2.45, 2.75) is 6.61 Å². The van der Waals surface area contributed by atoms with Crippen LogP contribution >= 0.6 is 12.2 Å². The molecule has 0 aliphatic heterocycles. The van der Waals surface area contributed by atoms with E-state index < -0.39 is 0 Å². The first-order valence-electron chi connectivity index (χ1n) is 7.29. The summed E-state index contributed by atoms with van der Waals surface area (Å²) in [6.45, 7) is 0.257. The molecule has 0 amide bonds. The van der Waals surface area contributed by atoms with Gasteiger partial charge >= 0.3 is 0 Å². The SMILES string of the molecule is COc1cccc(/C=N\n2c(COc3ccccc3)n[nH]c2=S)c1. The van der Waals surface area contributed by atoms with Crippen molar-refractivity contribution in [3.8, 4) is 11.5 Å². The number of methoxy groups -OCH3 is 1. The average molecular weight is 340 g/mol. The van der Waals surface area contributed by atoms with Crippen LogP contribution < -0.4 is 9.47 Å². The molecule has 2 aromatic carbocycles. The highest BCUT2D eigenvalue weighted by Gasteiger charge is 2.06. The van der Waals surface area contributed by atoms with Gasteiger partial charge in [-0.15, -0.1) is 0 Å². The van der Waals surface area contributed by atoms with Gasteiger partial charge in [0.25, 0.3) is 0 Å². The maximum absolute atomic E-state index is 5.69. The number of nitrogens with zero attached hydrogens (tertiary/aromatic N) is 3. The van der Waals surface area contributed by atoms with Crippen LogP contribution in [0, 0.1) is 4.77 Å². The van der Waals surface area contributed by atoms with E-state index in [1.54, 1.807) is 13.3 Å². The molecule has 1 N–H and O–H groups in total. The molecule has 3 aromatic rings. The lowest BCUT2D eigenvalue weighted by molar-refractivity contribution is 0.290. The Hall–Kier alpha value is -2.93. The van der Waals surface area contributed by atoms with Crippen molar-refractivity contribution in [2.24, 2.45) is 5.10 Å². The van der Waals surface area contributed by atoms with E-state index >= 15 is 0 Å². The molecule has 0 spiro atoms. The summed E-state index contributed by atoms with van der Waals surface area (Å²) in [6, 6.07) is 17.1. The minimum Gasteiger partial charge on any atom is -0.497 e. The molecule has 1 heterocycles. The van der Waals surface area contributed by atoms with Gasteiger partial charge < -0.3 is 9.47 Å². The molecule has 3 rings (SSSR count). The first kappa shape index (κ1) is 15.9. The number of hydrogen-bond donors (Lipinski definition) is 1. The topological polar surface area (TPSA) is 64.4 Å². The molecule has 0 aliphatic rings. The third-order valence-corrected chi connectivity index (χ3v) is 3.51. The molecule has 122 valence electrons. The molecule has 0 unspecified atom stereocenters. The summed E-state index contributed by atoms with van der Waals surface area (Å²) in [7, 11) is 1.63. The quantitative estimate of drug-likeness (QED) is 0.552. The Morgan fingerprint density at radius 2 is 1.96 bits per heavy atom. The zero-order valence-electron chi connectivity index (χ0n) is 13.0. The van der Waals surface area contributed by atoms with E-state index in [-0.39, 0.29) is 6.61 Å². The van der Waals surface area contributed by atoms with Crippen LogP contribution in [-0.4, -0.2) is 28.2 Å². The van der Waals surface area contributed by atoms with E-state index in [1.807, 2.05) is 54.6 Å². The number of rotatable bonds is 6. The van der Waals surface area contributed by atoms with Crippen LogP contribution in [0.3, 0.4) is 0 Å². The monoisotopic (exact) mass is 340 g/mol. The second-order valence-corrected chi connectivity index (χ2v) is 5.27. The van der Waals surface area contributed by atoms with Crippen molar-refractivity contribution < 1.29 is 9.47 Å². The molecule has 24 heavy (non-hydrogen) atoms. The van der Waals surface area contributed by atoms with E-state index in [9.17, 15) is 0 Å². The highest BCUT2D eigenvalue weighted by molar-refractivity contribution is 7.71. The standard InChI is InChI=1S/C17H16N4O2S/c1-22-15-9-5-6-13(10-15)11-18-21-16(19-20-17(21)24)12-23-14-7-3-2-4-8-14/h2-11H,12H2,1H3,(H,20,24)/b18-11-. The van der Waals surface area contributed by atoms with E-state index in [4.69, 9.17) is 21.7 Å². The molecule has 7 heteroatoms. The van der Waals surface area contributed by atoms with Gasteiger partial charge in [-0.25, -0.2) is 5.10 Å². The van der Waals surface area contributed by atoms with Crippen molar-refractivity contribution in [1.82, 2.24) is 14.9 Å². The molecule has 0 fully saturated rings. The molecule has 0 aliphatic carbocycles. The number of H-pyrrole nitrogens is 1. The highest BCUT2D eigenvalue weighted by Crippen LogP contribution is 2.12. The number of ether oxygens (including phenoxy) is 2. The van der Waals surface area contributed by atoms with E-state index in [0.29, 0.717) is 10.6 Å². The van der Waals surface area contributed by atoms with Crippen molar-refractivity contribution in [1.29, 1.82) is 0 Å². The van der Waals surface area contributed by atoms with Crippen LogP contribution in [0.2, 0.25) is 0 Å². The lowest BCUT2D eigenvalue weighted by atomic mass is 10.2. The van der Waals surface area contributed by atoms with Crippen LogP contribution in [0.25, 0.3) is 0 Å². The smallest absolute Gasteiger partial charge is 0.216 e. The molecule has 0 atom stereocenters. The van der Waals surface area contributed by atoms with Crippen molar-refractivity contribution >= 4 is 18.4 Å². The lowest BCUT2D eigenvalue weighted by Gasteiger charge is -2.05. The molecular weight excluding hydrogens is 324 g/mol. The maximum Gasteiger partial charge on any atom is 0.216 e. The van der Waals surface area contributed by atoms with Crippen molar-refractivity contribution in [3.05, 3.63) is 70.8 Å². The van der Waals surface area contributed by atoms with Crippen LogP contribution in [0.15, 0.2) is 59.7 Å². The number of nitrogens with one attached hydrogen (secondary N) is 1. The second kappa shape index (κ2) is 7.56. The minimum atomic E-state index is 0.257. The normalized spacial score (nSPS) is 10.9. The van der Waals surface area contributed by atoms with Gasteiger partial charge in [0.05, 0.1) is 13.3 Å². The van der Waals surface area contributed by atoms with Crippen LogP contribution in [-0.2, 0) is 6.61 Å². The van der Waals surface area contributed by atoms with Gasteiger partial charge in [0.1, 0.15) is 18.1 Å². The Morgan fingerprint density at radius 1 is 1.17 bits per heavy atom. The Bertz CT molecular complexity index is 887. The Labute approximate surface area is 144 Å². The van der Waals surface area contributed by atoms with E-state index in [0.717, 1.165) is 17.1 Å². The molecule has 0 saturated carbocycles. The Kier molecular flexibility index (Phi) is 5.02. The number of para-hydroxylation sites is 1. The van der Waals surface area contributed by atoms with Crippen LogP contribution in [0.1, 0.15) is 11.4 Å². The second-order valence-electron chi connectivity index (χ2n) is 4.88. The van der Waals surface area contributed by atoms with Crippen molar-refractivity contribution in [3.63, 3.8) is 0 Å². The molecule has 0 radical (unpaired) electrons. The fraction of sp³-hybridized carbons (Fsp3) is 0.118. The van der Waals surface area contributed by atoms with Gasteiger partial charge in [0.15, 0.2) is 5.82 Å². The van der Waals surface area contributed by atoms with Gasteiger partial charge in [-0.1, -0.05) is 30.3 Å². The summed E-state index contributed by atoms with van der Waals surface area (Å²) in [5.41, 5.74) is 0.896. The van der Waals surface area contributed by atoms with Gasteiger partial charge in [0.2, 0.25) is 4.77 Å². The summed E-state index contributed by atoms with van der Waals surface area (Å²) in [5, 5.41) is 11.3. The minimum absolute atomic E-state index is 0.257. The fourth-order valence-corrected chi connectivity index (χ4v) is 2.25. The zero-order valence-corrected chi connectivity index (χ0v) is 13.9. The lowest BCUT2D eigenvalue weighted by Crippen LogP contribution is -2.04. The third kappa shape index (κ3) is 3.88. The summed E-state index contributed by atoms with van der Waals surface area (Å²) >= 11 is 5.22. The van der Waals surface area contributed by atoms with Crippen LogP contribution in [0.4, 0.5) is 0 Å². The number of aromatic amines is 1. The number of aromatic nitrogens is 3.